The van der Waals surface area contributed by atoms with Crippen molar-refractivity contribution in [1.82, 2.24) is 0 Å². The first-order chi connectivity index (χ1) is 13.2. The molecule has 0 fully saturated rings. The molecule has 0 unspecified atom stereocenters. The molecule has 1 aliphatic rings. The monoisotopic (exact) mass is 414 g/mol. The Kier molecular flexibility index (Phi) is 5.65. The van der Waals surface area contributed by atoms with E-state index in [9.17, 15) is 22.4 Å². The Bertz CT molecular complexity index is 928. The van der Waals surface area contributed by atoms with Crippen LogP contribution in [-0.2, 0) is 22.1 Å². The third-order valence-electron chi connectivity index (χ3n) is 4.22. The van der Waals surface area contributed by atoms with Crippen LogP contribution in [0.5, 0.6) is 11.5 Å². The normalized spacial score (nSPS) is 14.9. The van der Waals surface area contributed by atoms with Crippen LogP contribution >= 0.6 is 11.6 Å². The second-order valence-corrected chi connectivity index (χ2v) is 6.52. The Hall–Kier alpha value is -2.54. The second kappa shape index (κ2) is 7.83. The summed E-state index contributed by atoms with van der Waals surface area (Å²) in [4.78, 5) is 11.7. The number of ether oxygens (including phenoxy) is 2. The van der Waals surface area contributed by atoms with Crippen LogP contribution in [0, 0.1) is 5.82 Å². The van der Waals surface area contributed by atoms with Gasteiger partial charge in [-0.05, 0) is 60.7 Å². The predicted molar refractivity (Wildman–Crippen MR) is 95.9 cm³/mol. The summed E-state index contributed by atoms with van der Waals surface area (Å²) in [5, 5.41) is -0.491. The van der Waals surface area contributed by atoms with E-state index in [1.165, 1.54) is 6.08 Å². The molecule has 0 amide bonds. The van der Waals surface area contributed by atoms with Gasteiger partial charge in [0.05, 0.1) is 17.2 Å². The highest BCUT2D eigenvalue weighted by Crippen LogP contribution is 2.40. The van der Waals surface area contributed by atoms with Gasteiger partial charge in [-0.3, -0.25) is 0 Å². The predicted octanol–water partition coefficient (Wildman–Crippen LogP) is 6.18. The Balaban J connectivity index is 1.90. The van der Waals surface area contributed by atoms with Crippen molar-refractivity contribution >= 4 is 23.1 Å². The lowest BCUT2D eigenvalue weighted by molar-refractivity contribution is -0.138. The average Bonchev–Trinajstić information content (AvgIpc) is 2.99. The Morgan fingerprint density at radius 2 is 1.96 bits per heavy atom. The number of hydrogen-bond acceptors (Lipinski definition) is 3. The maximum Gasteiger partial charge on any atom is 0.416 e. The highest BCUT2D eigenvalue weighted by atomic mass is 35.5. The van der Waals surface area contributed by atoms with Crippen molar-refractivity contribution in [2.75, 3.05) is 6.61 Å². The highest BCUT2D eigenvalue weighted by Gasteiger charge is 2.32. The number of hydrogen-bond donors (Lipinski definition) is 0. The van der Waals surface area contributed by atoms with Crippen LogP contribution in [0.1, 0.15) is 30.0 Å². The number of halogens is 5. The number of carbonyl (C=O) groups is 1. The molecular formula is C20H15ClF4O3. The maximum atomic E-state index is 14.2. The summed E-state index contributed by atoms with van der Waals surface area (Å²) in [6, 6.07) is 5.87. The zero-order valence-electron chi connectivity index (χ0n) is 14.7. The quantitative estimate of drug-likeness (QED) is 0.340. The first kappa shape index (κ1) is 20.2. The molecule has 3 nitrogen and oxygen atoms in total. The molecule has 0 bridgehead atoms. The van der Waals surface area contributed by atoms with Crippen molar-refractivity contribution in [2.45, 2.75) is 25.9 Å². The zero-order chi connectivity index (χ0) is 20.5. The van der Waals surface area contributed by atoms with Crippen LogP contribution in [-0.4, -0.2) is 12.6 Å². The van der Waals surface area contributed by atoms with Gasteiger partial charge in [-0.1, -0.05) is 17.7 Å². The number of fused-ring (bicyclic) bond motifs is 1. The zero-order valence-corrected chi connectivity index (χ0v) is 15.5. The van der Waals surface area contributed by atoms with Crippen molar-refractivity contribution in [1.29, 1.82) is 0 Å². The molecule has 0 aromatic heterocycles. The molecule has 0 aliphatic heterocycles. The van der Waals surface area contributed by atoms with Gasteiger partial charge in [-0.15, -0.1) is 0 Å². The van der Waals surface area contributed by atoms with Crippen molar-refractivity contribution < 1.29 is 31.8 Å². The van der Waals surface area contributed by atoms with E-state index in [0.29, 0.717) is 18.6 Å². The standard InChI is InChI=1S/C20H15ClF4O3/c1-2-27-18(26)7-12-4-3-11-5-6-14(10-15(11)12)28-19-16(21)8-13(9-17(19)22)20(23,24)25/h5-10H,2-4H2,1H3. The van der Waals surface area contributed by atoms with Gasteiger partial charge in [-0.25, -0.2) is 9.18 Å². The van der Waals surface area contributed by atoms with Crippen molar-refractivity contribution in [3.63, 3.8) is 0 Å². The Morgan fingerprint density at radius 3 is 2.61 bits per heavy atom. The first-order valence-electron chi connectivity index (χ1n) is 8.43. The van der Waals surface area contributed by atoms with Crippen LogP contribution in [0.15, 0.2) is 36.4 Å². The molecule has 0 heterocycles. The fourth-order valence-electron chi connectivity index (χ4n) is 2.96. The molecule has 0 atom stereocenters. The minimum absolute atomic E-state index is 0.191. The smallest absolute Gasteiger partial charge is 0.416 e. The molecule has 2 aromatic rings. The van der Waals surface area contributed by atoms with Gasteiger partial charge in [0.25, 0.3) is 0 Å². The van der Waals surface area contributed by atoms with Crippen LogP contribution < -0.4 is 4.74 Å². The molecule has 0 radical (unpaired) electrons. The molecule has 0 saturated carbocycles. The lowest BCUT2D eigenvalue weighted by Crippen LogP contribution is -2.06. The van der Waals surface area contributed by atoms with E-state index in [2.05, 4.69) is 0 Å². The fourth-order valence-corrected chi connectivity index (χ4v) is 3.20. The molecule has 148 valence electrons. The number of esters is 1. The molecular weight excluding hydrogens is 400 g/mol. The van der Waals surface area contributed by atoms with E-state index in [1.54, 1.807) is 25.1 Å². The van der Waals surface area contributed by atoms with E-state index in [-0.39, 0.29) is 12.4 Å². The lowest BCUT2D eigenvalue weighted by Gasteiger charge is -2.13. The summed E-state index contributed by atoms with van der Waals surface area (Å²) < 4.78 is 62.7. The number of benzene rings is 2. The van der Waals surface area contributed by atoms with Gasteiger partial charge in [0.15, 0.2) is 11.6 Å². The molecule has 3 rings (SSSR count). The summed E-state index contributed by atoms with van der Waals surface area (Å²) in [5.41, 5.74) is 1.27. The van der Waals surface area contributed by atoms with Crippen LogP contribution in [0.2, 0.25) is 5.02 Å². The van der Waals surface area contributed by atoms with Gasteiger partial charge in [0, 0.05) is 6.08 Å². The fraction of sp³-hybridized carbons (Fsp3) is 0.250. The van der Waals surface area contributed by atoms with Crippen LogP contribution in [0.4, 0.5) is 17.6 Å². The van der Waals surface area contributed by atoms with E-state index in [0.717, 1.165) is 23.1 Å². The van der Waals surface area contributed by atoms with Crippen LogP contribution in [0.25, 0.3) is 5.57 Å². The van der Waals surface area contributed by atoms with Gasteiger partial charge >= 0.3 is 12.1 Å². The van der Waals surface area contributed by atoms with Crippen LogP contribution in [0.3, 0.4) is 0 Å². The first-order valence-corrected chi connectivity index (χ1v) is 8.81. The highest BCUT2D eigenvalue weighted by molar-refractivity contribution is 6.32. The lowest BCUT2D eigenvalue weighted by atomic mass is 10.1. The molecule has 8 heteroatoms. The van der Waals surface area contributed by atoms with Gasteiger partial charge in [0.2, 0.25) is 0 Å². The summed E-state index contributed by atoms with van der Waals surface area (Å²) in [5.74, 6) is -1.99. The van der Waals surface area contributed by atoms with Crippen molar-refractivity contribution in [2.24, 2.45) is 0 Å². The average molecular weight is 415 g/mol. The minimum atomic E-state index is -4.72. The second-order valence-electron chi connectivity index (χ2n) is 6.11. The van der Waals surface area contributed by atoms with Crippen molar-refractivity contribution in [3.05, 3.63) is 63.9 Å². The van der Waals surface area contributed by atoms with E-state index < -0.39 is 34.3 Å². The topological polar surface area (TPSA) is 35.5 Å². The van der Waals surface area contributed by atoms with Crippen molar-refractivity contribution in [3.8, 4) is 11.5 Å². The van der Waals surface area contributed by atoms with E-state index in [1.807, 2.05) is 0 Å². The van der Waals surface area contributed by atoms with E-state index in [4.69, 9.17) is 21.1 Å². The SMILES string of the molecule is CCOC(=O)C=C1CCc2ccc(Oc3c(F)cc(C(F)(F)F)cc3Cl)cc21. The van der Waals surface area contributed by atoms with Gasteiger partial charge < -0.3 is 9.47 Å². The third-order valence-corrected chi connectivity index (χ3v) is 4.50. The summed E-state index contributed by atoms with van der Waals surface area (Å²) >= 11 is 5.80. The number of carbonyl (C=O) groups excluding carboxylic acids is 1. The number of rotatable bonds is 4. The number of aryl methyl sites for hydroxylation is 1. The summed E-state index contributed by atoms with van der Waals surface area (Å²) in [7, 11) is 0. The Labute approximate surface area is 163 Å². The summed E-state index contributed by atoms with van der Waals surface area (Å²) in [6.07, 6.45) is -1.97. The number of alkyl halides is 3. The number of allylic oxidation sites excluding steroid dienone is 1. The molecule has 0 spiro atoms. The summed E-state index contributed by atoms with van der Waals surface area (Å²) in [6.45, 7) is 1.96. The molecule has 0 N–H and O–H groups in total. The maximum absolute atomic E-state index is 14.2. The largest absolute Gasteiger partial charge is 0.463 e. The van der Waals surface area contributed by atoms with Gasteiger partial charge in [0.1, 0.15) is 5.75 Å². The third kappa shape index (κ3) is 4.30. The molecule has 2 aromatic carbocycles. The molecule has 28 heavy (non-hydrogen) atoms. The molecule has 0 saturated heterocycles. The Morgan fingerprint density at radius 1 is 1.21 bits per heavy atom. The van der Waals surface area contributed by atoms with Gasteiger partial charge in [-0.2, -0.15) is 13.2 Å². The van der Waals surface area contributed by atoms with E-state index >= 15 is 0 Å². The molecule has 1 aliphatic carbocycles. The minimum Gasteiger partial charge on any atom is -0.463 e.